The predicted molar refractivity (Wildman–Crippen MR) is 58.4 cm³/mol. The summed E-state index contributed by atoms with van der Waals surface area (Å²) in [5, 5.41) is 0. The van der Waals surface area contributed by atoms with Crippen LogP contribution < -0.4 is 11.5 Å². The van der Waals surface area contributed by atoms with Gasteiger partial charge < -0.3 is 15.9 Å². The van der Waals surface area contributed by atoms with Gasteiger partial charge in [-0.3, -0.25) is 4.79 Å². The van der Waals surface area contributed by atoms with Gasteiger partial charge in [-0.25, -0.2) is 0 Å². The number of aldehydes is 1. The Morgan fingerprint density at radius 1 is 1.07 bits per heavy atom. The molecule has 76 valence electrons. The minimum absolute atomic E-state index is 0.292. The van der Waals surface area contributed by atoms with Crippen molar-refractivity contribution in [3.8, 4) is 11.1 Å². The Labute approximate surface area is 86.5 Å². The van der Waals surface area contributed by atoms with Crippen molar-refractivity contribution in [3.63, 3.8) is 0 Å². The first-order valence-electron chi connectivity index (χ1n) is 4.40. The number of hydrogen-bond donors (Lipinski definition) is 2. The number of hydrogen-bond acceptors (Lipinski definition) is 4. The lowest BCUT2D eigenvalue weighted by atomic mass is 10.1. The number of anilines is 2. The summed E-state index contributed by atoms with van der Waals surface area (Å²) in [6, 6.07) is 6.94. The summed E-state index contributed by atoms with van der Waals surface area (Å²) in [4.78, 5) is 10.4. The zero-order chi connectivity index (χ0) is 10.8. The van der Waals surface area contributed by atoms with Gasteiger partial charge in [0.05, 0.1) is 17.6 Å². The van der Waals surface area contributed by atoms with Crippen molar-refractivity contribution in [3.05, 3.63) is 36.3 Å². The third-order valence-electron chi connectivity index (χ3n) is 2.16. The monoisotopic (exact) mass is 202 g/mol. The van der Waals surface area contributed by atoms with E-state index in [2.05, 4.69) is 0 Å². The number of benzene rings is 1. The van der Waals surface area contributed by atoms with E-state index in [1.54, 1.807) is 18.2 Å². The highest BCUT2D eigenvalue weighted by Gasteiger charge is 2.04. The fourth-order valence-electron chi connectivity index (χ4n) is 1.32. The van der Waals surface area contributed by atoms with Crippen LogP contribution in [0.2, 0.25) is 0 Å². The summed E-state index contributed by atoms with van der Waals surface area (Å²) >= 11 is 0. The molecule has 15 heavy (non-hydrogen) atoms. The second kappa shape index (κ2) is 3.49. The molecule has 2 aromatic rings. The molecular formula is C11H10N2O2. The molecule has 0 spiro atoms. The fraction of sp³-hybridized carbons (Fsp3) is 0. The lowest BCUT2D eigenvalue weighted by Crippen LogP contribution is -1.93. The zero-order valence-corrected chi connectivity index (χ0v) is 7.94. The molecule has 0 atom stereocenters. The van der Waals surface area contributed by atoms with Crippen molar-refractivity contribution in [2.75, 3.05) is 11.5 Å². The second-order valence-electron chi connectivity index (χ2n) is 3.20. The van der Waals surface area contributed by atoms with E-state index in [-0.39, 0.29) is 0 Å². The average molecular weight is 202 g/mol. The summed E-state index contributed by atoms with van der Waals surface area (Å²) in [6.45, 7) is 0. The number of carbonyl (C=O) groups excluding carboxylic acids is 1. The molecule has 0 radical (unpaired) electrons. The van der Waals surface area contributed by atoms with Crippen LogP contribution in [-0.4, -0.2) is 6.29 Å². The molecule has 1 heterocycles. The Kier molecular flexibility index (Phi) is 2.17. The fourth-order valence-corrected chi connectivity index (χ4v) is 1.32. The maximum Gasteiger partial charge on any atom is 0.185 e. The molecule has 1 aromatic carbocycles. The van der Waals surface area contributed by atoms with Crippen LogP contribution in [0.25, 0.3) is 11.1 Å². The first kappa shape index (κ1) is 9.33. The molecule has 0 aliphatic heterocycles. The van der Waals surface area contributed by atoms with E-state index in [0.717, 1.165) is 11.1 Å². The number of nitrogens with two attached hydrogens (primary N) is 2. The minimum atomic E-state index is 0.292. The van der Waals surface area contributed by atoms with Crippen LogP contribution in [0, 0.1) is 0 Å². The van der Waals surface area contributed by atoms with Crippen molar-refractivity contribution in [1.29, 1.82) is 0 Å². The van der Waals surface area contributed by atoms with Crippen LogP contribution in [0.5, 0.6) is 0 Å². The van der Waals surface area contributed by atoms with Crippen molar-refractivity contribution in [2.24, 2.45) is 0 Å². The van der Waals surface area contributed by atoms with E-state index in [9.17, 15) is 4.79 Å². The van der Waals surface area contributed by atoms with Gasteiger partial charge in [-0.1, -0.05) is 6.07 Å². The smallest absolute Gasteiger partial charge is 0.185 e. The maximum atomic E-state index is 10.4. The van der Waals surface area contributed by atoms with Gasteiger partial charge in [0.1, 0.15) is 0 Å². The number of carbonyl (C=O) groups is 1. The van der Waals surface area contributed by atoms with Crippen LogP contribution in [0.3, 0.4) is 0 Å². The molecule has 0 aliphatic rings. The van der Waals surface area contributed by atoms with Crippen molar-refractivity contribution in [2.45, 2.75) is 0 Å². The molecule has 0 saturated heterocycles. The third kappa shape index (κ3) is 1.69. The van der Waals surface area contributed by atoms with Gasteiger partial charge in [-0.05, 0) is 23.8 Å². The normalized spacial score (nSPS) is 10.1. The van der Waals surface area contributed by atoms with Gasteiger partial charge in [0.2, 0.25) is 0 Å². The minimum Gasteiger partial charge on any atom is -0.461 e. The summed E-state index contributed by atoms with van der Waals surface area (Å²) in [6.07, 6.45) is 2.17. The maximum absolute atomic E-state index is 10.4. The second-order valence-corrected chi connectivity index (χ2v) is 3.20. The molecule has 0 saturated carbocycles. The van der Waals surface area contributed by atoms with E-state index in [1.807, 2.05) is 6.07 Å². The molecule has 0 bridgehead atoms. The van der Waals surface area contributed by atoms with Crippen molar-refractivity contribution >= 4 is 17.7 Å². The average Bonchev–Trinajstić information content (AvgIpc) is 2.70. The largest absolute Gasteiger partial charge is 0.461 e. The number of rotatable bonds is 2. The van der Waals surface area contributed by atoms with Gasteiger partial charge in [-0.15, -0.1) is 0 Å². The molecular weight excluding hydrogens is 192 g/mol. The summed E-state index contributed by atoms with van der Waals surface area (Å²) in [5.74, 6) is 0.292. The van der Waals surface area contributed by atoms with Gasteiger partial charge in [0, 0.05) is 5.56 Å². The van der Waals surface area contributed by atoms with E-state index in [0.29, 0.717) is 23.4 Å². The highest BCUT2D eigenvalue weighted by atomic mass is 16.3. The third-order valence-corrected chi connectivity index (χ3v) is 2.16. The lowest BCUT2D eigenvalue weighted by molar-refractivity contribution is 0.110. The molecule has 4 N–H and O–H groups in total. The molecule has 4 nitrogen and oxygen atoms in total. The highest BCUT2D eigenvalue weighted by Crippen LogP contribution is 2.26. The van der Waals surface area contributed by atoms with Crippen LogP contribution in [0.4, 0.5) is 11.4 Å². The summed E-state index contributed by atoms with van der Waals surface area (Å²) in [5.41, 5.74) is 14.0. The van der Waals surface area contributed by atoms with E-state index in [4.69, 9.17) is 15.9 Å². The molecule has 2 rings (SSSR count). The summed E-state index contributed by atoms with van der Waals surface area (Å²) in [7, 11) is 0. The quantitative estimate of drug-likeness (QED) is 0.575. The van der Waals surface area contributed by atoms with Crippen LogP contribution in [0.15, 0.2) is 34.9 Å². The van der Waals surface area contributed by atoms with Crippen LogP contribution in [0.1, 0.15) is 10.6 Å². The Morgan fingerprint density at radius 2 is 1.87 bits per heavy atom. The van der Waals surface area contributed by atoms with Crippen molar-refractivity contribution in [1.82, 2.24) is 0 Å². The molecule has 0 aliphatic carbocycles. The number of furan rings is 1. The Bertz CT molecular complexity index is 503. The Hall–Kier alpha value is -2.23. The molecule has 0 fully saturated rings. The topological polar surface area (TPSA) is 82.2 Å². The van der Waals surface area contributed by atoms with Gasteiger partial charge in [-0.2, -0.15) is 0 Å². The predicted octanol–water partition coefficient (Wildman–Crippen LogP) is 1.92. The highest BCUT2D eigenvalue weighted by molar-refractivity contribution is 5.78. The molecule has 0 unspecified atom stereocenters. The molecule has 4 heteroatoms. The van der Waals surface area contributed by atoms with Crippen LogP contribution >= 0.6 is 0 Å². The Balaban J connectivity index is 2.44. The van der Waals surface area contributed by atoms with E-state index < -0.39 is 0 Å². The van der Waals surface area contributed by atoms with Crippen LogP contribution in [-0.2, 0) is 0 Å². The SMILES string of the molecule is Nc1ccc(-c2coc(C=O)c2)cc1N. The Morgan fingerprint density at radius 3 is 2.47 bits per heavy atom. The number of nitrogen functional groups attached to an aromatic ring is 2. The van der Waals surface area contributed by atoms with E-state index in [1.165, 1.54) is 6.26 Å². The van der Waals surface area contributed by atoms with Gasteiger partial charge in [0.25, 0.3) is 0 Å². The van der Waals surface area contributed by atoms with Crippen molar-refractivity contribution < 1.29 is 9.21 Å². The van der Waals surface area contributed by atoms with E-state index >= 15 is 0 Å². The zero-order valence-electron chi connectivity index (χ0n) is 7.94. The van der Waals surface area contributed by atoms with Gasteiger partial charge in [0.15, 0.2) is 12.0 Å². The first-order valence-corrected chi connectivity index (χ1v) is 4.40. The standard InChI is InChI=1S/C11H10N2O2/c12-10-2-1-7(4-11(10)13)8-3-9(5-14)15-6-8/h1-6H,12-13H2. The molecule has 1 aromatic heterocycles. The van der Waals surface area contributed by atoms with Gasteiger partial charge >= 0.3 is 0 Å². The lowest BCUT2D eigenvalue weighted by Gasteiger charge is -2.01. The first-order chi connectivity index (χ1) is 7.20. The molecule has 0 amide bonds. The summed E-state index contributed by atoms with van der Waals surface area (Å²) < 4.78 is 5.00.